The van der Waals surface area contributed by atoms with E-state index in [9.17, 15) is 30.0 Å². The van der Waals surface area contributed by atoms with Crippen molar-refractivity contribution in [1.82, 2.24) is 0 Å². The lowest BCUT2D eigenvalue weighted by Gasteiger charge is -2.39. The average Bonchev–Trinajstić information content (AvgIpc) is 3.21. The predicted molar refractivity (Wildman–Crippen MR) is 228 cm³/mol. The Balaban J connectivity index is 2.32. The van der Waals surface area contributed by atoms with Crippen LogP contribution in [0.5, 0.6) is 0 Å². The number of rotatable bonds is 39. The van der Waals surface area contributed by atoms with E-state index in [4.69, 9.17) is 18.9 Å². The Bertz CT molecular complexity index is 997. The molecule has 6 atom stereocenters. The largest absolute Gasteiger partial charge is 0.462 e. The minimum absolute atomic E-state index is 0.223. The molecule has 1 saturated heterocycles. The molecule has 0 saturated carbocycles. The van der Waals surface area contributed by atoms with Crippen LogP contribution in [0.2, 0.25) is 0 Å². The Morgan fingerprint density at radius 2 is 0.982 bits per heavy atom. The van der Waals surface area contributed by atoms with Gasteiger partial charge in [-0.25, -0.2) is 0 Å². The summed E-state index contributed by atoms with van der Waals surface area (Å²) in [6.45, 7) is 3.41. The van der Waals surface area contributed by atoms with Crippen molar-refractivity contribution in [3.8, 4) is 0 Å². The fourth-order valence-electron chi connectivity index (χ4n) is 7.17. The predicted octanol–water partition coefficient (Wildman–Crippen LogP) is 10.1. The summed E-state index contributed by atoms with van der Waals surface area (Å²) in [4.78, 5) is 25.3. The molecule has 0 spiro atoms. The number of allylic oxidation sites excluding steroid dienone is 1. The van der Waals surface area contributed by atoms with E-state index in [2.05, 4.69) is 31.7 Å². The maximum Gasteiger partial charge on any atom is 0.306 e. The molecule has 1 rings (SSSR count). The summed E-state index contributed by atoms with van der Waals surface area (Å²) in [5.41, 5.74) is 3.30. The molecule has 1 fully saturated rings. The molecule has 10 nitrogen and oxygen atoms in total. The van der Waals surface area contributed by atoms with Crippen molar-refractivity contribution in [2.24, 2.45) is 0 Å². The SMILES string of the molecule is CCCCCCCC=C=CCCCCCCCC(=O)OC[C@H](CO[C@@H]1O[C@H](CO)[C@H](O)C(O)C1O)OC(=O)CCCCCCCCCCCCCCCCCCC. The molecule has 0 aromatic rings. The Morgan fingerprint density at radius 3 is 1.44 bits per heavy atom. The molecule has 57 heavy (non-hydrogen) atoms. The van der Waals surface area contributed by atoms with Crippen molar-refractivity contribution in [3.05, 3.63) is 17.9 Å². The maximum atomic E-state index is 12.8. The molecular formula is C47H86O10. The fourth-order valence-corrected chi connectivity index (χ4v) is 7.17. The number of aliphatic hydroxyl groups excluding tert-OH is 4. The van der Waals surface area contributed by atoms with Crippen LogP contribution >= 0.6 is 0 Å². The molecule has 334 valence electrons. The quantitative estimate of drug-likeness (QED) is 0.0268. The highest BCUT2D eigenvalue weighted by molar-refractivity contribution is 5.70. The third kappa shape index (κ3) is 30.0. The Morgan fingerprint density at radius 1 is 0.561 bits per heavy atom. The summed E-state index contributed by atoms with van der Waals surface area (Å²) in [6.07, 6.45) is 31.3. The number of carbonyl (C=O) groups excluding carboxylic acids is 2. The van der Waals surface area contributed by atoms with Crippen LogP contribution in [0.1, 0.15) is 213 Å². The summed E-state index contributed by atoms with van der Waals surface area (Å²) >= 11 is 0. The summed E-state index contributed by atoms with van der Waals surface area (Å²) in [5.74, 6) is -0.818. The lowest BCUT2D eigenvalue weighted by molar-refractivity contribution is -0.305. The van der Waals surface area contributed by atoms with Crippen LogP contribution < -0.4 is 0 Å². The molecule has 1 aliphatic rings. The normalized spacial score (nSPS) is 19.9. The molecule has 10 heteroatoms. The second kappa shape index (κ2) is 38.4. The number of aliphatic hydroxyl groups is 4. The fraction of sp³-hybridized carbons (Fsp3) is 0.894. The molecule has 0 aliphatic carbocycles. The number of hydrogen-bond donors (Lipinski definition) is 4. The smallest absolute Gasteiger partial charge is 0.306 e. The molecule has 0 radical (unpaired) electrons. The van der Waals surface area contributed by atoms with E-state index in [1.54, 1.807) is 0 Å². The van der Waals surface area contributed by atoms with Crippen LogP contribution in [0, 0.1) is 0 Å². The van der Waals surface area contributed by atoms with Gasteiger partial charge in [0, 0.05) is 12.8 Å². The first-order chi connectivity index (χ1) is 27.8. The van der Waals surface area contributed by atoms with Gasteiger partial charge in [0.2, 0.25) is 0 Å². The molecule has 1 heterocycles. The van der Waals surface area contributed by atoms with Crippen molar-refractivity contribution in [3.63, 3.8) is 0 Å². The van der Waals surface area contributed by atoms with Crippen LogP contribution in [0.15, 0.2) is 17.9 Å². The van der Waals surface area contributed by atoms with Gasteiger partial charge in [-0.2, -0.15) is 0 Å². The minimum atomic E-state index is -1.59. The molecular weight excluding hydrogens is 725 g/mol. The zero-order valence-corrected chi connectivity index (χ0v) is 36.4. The summed E-state index contributed by atoms with van der Waals surface area (Å²) in [6, 6.07) is 0. The summed E-state index contributed by atoms with van der Waals surface area (Å²) in [5, 5.41) is 40.1. The standard InChI is InChI=1S/C47H86O10/c1-3-5-7-9-11-13-15-17-19-20-22-24-26-28-30-32-34-36-43(50)56-40(39-55-47-46(53)45(52)44(51)41(37-48)57-47)38-54-42(49)35-33-31-29-27-25-23-21-18-16-14-12-10-8-6-4-2/h16,21,40-41,44-48,51-53H,3-15,17,19-20,22-39H2,1-2H3/t18?,40-,41-,44+,45?,46?,47-/m1/s1. The third-order valence-electron chi connectivity index (χ3n) is 10.9. The Labute approximate surface area is 347 Å². The van der Waals surface area contributed by atoms with Gasteiger partial charge in [-0.05, 0) is 50.7 Å². The number of ether oxygens (including phenoxy) is 4. The van der Waals surface area contributed by atoms with E-state index < -0.39 is 49.4 Å². The number of unbranched alkanes of at least 4 members (excludes halogenated alkanes) is 26. The Hall–Kier alpha value is -1.78. The molecule has 2 unspecified atom stereocenters. The van der Waals surface area contributed by atoms with E-state index in [-0.39, 0.29) is 32.0 Å². The summed E-state index contributed by atoms with van der Waals surface area (Å²) in [7, 11) is 0. The molecule has 4 N–H and O–H groups in total. The van der Waals surface area contributed by atoms with Crippen LogP contribution in [0.3, 0.4) is 0 Å². The van der Waals surface area contributed by atoms with Gasteiger partial charge in [0.15, 0.2) is 12.4 Å². The molecule has 0 aromatic carbocycles. The van der Waals surface area contributed by atoms with E-state index in [1.807, 2.05) is 0 Å². The van der Waals surface area contributed by atoms with Crippen molar-refractivity contribution in [2.75, 3.05) is 19.8 Å². The third-order valence-corrected chi connectivity index (χ3v) is 10.9. The van der Waals surface area contributed by atoms with Crippen LogP contribution in [0.25, 0.3) is 0 Å². The first kappa shape index (κ1) is 53.2. The van der Waals surface area contributed by atoms with Crippen LogP contribution in [-0.2, 0) is 28.5 Å². The number of esters is 2. The Kier molecular flexibility index (Phi) is 35.9. The zero-order valence-electron chi connectivity index (χ0n) is 36.4. The second-order valence-electron chi connectivity index (χ2n) is 16.3. The molecule has 0 amide bonds. The topological polar surface area (TPSA) is 152 Å². The van der Waals surface area contributed by atoms with Gasteiger partial charge in [0.25, 0.3) is 0 Å². The highest BCUT2D eigenvalue weighted by Gasteiger charge is 2.44. The van der Waals surface area contributed by atoms with Crippen LogP contribution in [0.4, 0.5) is 0 Å². The summed E-state index contributed by atoms with van der Waals surface area (Å²) < 4.78 is 22.2. The van der Waals surface area contributed by atoms with Gasteiger partial charge in [-0.3, -0.25) is 9.59 Å². The van der Waals surface area contributed by atoms with Crippen LogP contribution in [-0.4, -0.2) is 89.0 Å². The van der Waals surface area contributed by atoms with Crippen molar-refractivity contribution < 1.29 is 49.0 Å². The molecule has 0 bridgehead atoms. The van der Waals surface area contributed by atoms with Gasteiger partial charge >= 0.3 is 11.9 Å². The highest BCUT2D eigenvalue weighted by atomic mass is 16.7. The molecule has 0 aromatic heterocycles. The van der Waals surface area contributed by atoms with Gasteiger partial charge in [0.1, 0.15) is 31.0 Å². The van der Waals surface area contributed by atoms with Crippen molar-refractivity contribution in [1.29, 1.82) is 0 Å². The first-order valence-electron chi connectivity index (χ1n) is 23.5. The van der Waals surface area contributed by atoms with Gasteiger partial charge in [-0.15, -0.1) is 5.73 Å². The van der Waals surface area contributed by atoms with Gasteiger partial charge in [-0.1, -0.05) is 162 Å². The average molecular weight is 811 g/mol. The van der Waals surface area contributed by atoms with E-state index in [1.165, 1.54) is 116 Å². The van der Waals surface area contributed by atoms with E-state index >= 15 is 0 Å². The van der Waals surface area contributed by atoms with Crippen molar-refractivity contribution >= 4 is 11.9 Å². The second-order valence-corrected chi connectivity index (χ2v) is 16.3. The van der Waals surface area contributed by atoms with Gasteiger partial charge < -0.3 is 39.4 Å². The lowest BCUT2D eigenvalue weighted by Crippen LogP contribution is -2.59. The lowest BCUT2D eigenvalue weighted by atomic mass is 9.99. The zero-order chi connectivity index (χ0) is 41.6. The van der Waals surface area contributed by atoms with Crippen molar-refractivity contribution in [2.45, 2.75) is 250 Å². The van der Waals surface area contributed by atoms with Gasteiger partial charge in [0.05, 0.1) is 13.2 Å². The monoisotopic (exact) mass is 811 g/mol. The van der Waals surface area contributed by atoms with E-state index in [0.717, 1.165) is 57.8 Å². The number of carbonyl (C=O) groups is 2. The van der Waals surface area contributed by atoms with E-state index in [0.29, 0.717) is 12.8 Å². The number of hydrogen-bond acceptors (Lipinski definition) is 10. The maximum absolute atomic E-state index is 12.8. The first-order valence-corrected chi connectivity index (χ1v) is 23.5. The highest BCUT2D eigenvalue weighted by Crippen LogP contribution is 2.23. The minimum Gasteiger partial charge on any atom is -0.462 e. The molecule has 1 aliphatic heterocycles.